The van der Waals surface area contributed by atoms with Gasteiger partial charge in [-0.05, 0) is 35.9 Å². The molecule has 0 radical (unpaired) electrons. The van der Waals surface area contributed by atoms with Crippen LogP contribution < -0.4 is 11.3 Å². The minimum atomic E-state index is -1.24. The molecular weight excluding hydrogens is 432 g/mol. The number of halogens is 1. The summed E-state index contributed by atoms with van der Waals surface area (Å²) in [5.74, 6) is -1.98. The Morgan fingerprint density at radius 2 is 1.09 bits per heavy atom. The molecule has 158 valence electrons. The summed E-state index contributed by atoms with van der Waals surface area (Å²) >= 11 is 6.44. The van der Waals surface area contributed by atoms with Gasteiger partial charge < -0.3 is 19.0 Å². The van der Waals surface area contributed by atoms with E-state index in [1.807, 2.05) is 0 Å². The average molecular weight is 447 g/mol. The highest BCUT2D eigenvalue weighted by Crippen LogP contribution is 2.43. The molecule has 0 fully saturated rings. The van der Waals surface area contributed by atoms with Gasteiger partial charge in [0.25, 0.3) is 0 Å². The van der Waals surface area contributed by atoms with Gasteiger partial charge in [-0.3, -0.25) is 0 Å². The highest BCUT2D eigenvalue weighted by molar-refractivity contribution is 6.31. The lowest BCUT2D eigenvalue weighted by Crippen LogP contribution is -2.21. The molecule has 5 aromatic rings. The first kappa shape index (κ1) is 19.9. The molecule has 0 aliphatic rings. The van der Waals surface area contributed by atoms with Crippen LogP contribution >= 0.6 is 11.6 Å². The normalized spacial score (nSPS) is 11.4. The molecule has 2 aromatic heterocycles. The van der Waals surface area contributed by atoms with E-state index in [0.717, 1.165) is 0 Å². The second-order valence-electron chi connectivity index (χ2n) is 7.25. The first-order chi connectivity index (χ1) is 15.5. The van der Waals surface area contributed by atoms with Crippen LogP contribution in [0.15, 0.2) is 91.2 Å². The Hall–Kier alpha value is -4.03. The Morgan fingerprint density at radius 1 is 0.656 bits per heavy atom. The first-order valence-electron chi connectivity index (χ1n) is 9.71. The van der Waals surface area contributed by atoms with Gasteiger partial charge in [0.1, 0.15) is 22.7 Å². The van der Waals surface area contributed by atoms with Crippen molar-refractivity contribution in [3.8, 4) is 11.5 Å². The molecular formula is C25H15ClO6. The number of benzene rings is 3. The van der Waals surface area contributed by atoms with Crippen molar-refractivity contribution in [3.63, 3.8) is 0 Å². The summed E-state index contributed by atoms with van der Waals surface area (Å²) in [6.07, 6.45) is 0. The summed E-state index contributed by atoms with van der Waals surface area (Å²) in [5, 5.41) is 23.0. The van der Waals surface area contributed by atoms with Gasteiger partial charge in [0.05, 0.1) is 27.8 Å². The number of fused-ring (bicyclic) bond motifs is 2. The van der Waals surface area contributed by atoms with Gasteiger partial charge in [-0.15, -0.1) is 0 Å². The highest BCUT2D eigenvalue weighted by atomic mass is 35.5. The molecule has 2 N–H and O–H groups in total. The van der Waals surface area contributed by atoms with Crippen molar-refractivity contribution in [2.45, 2.75) is 5.92 Å². The number of aromatic hydroxyl groups is 2. The Bertz CT molecular complexity index is 1520. The first-order valence-corrected chi connectivity index (χ1v) is 10.1. The number of rotatable bonds is 3. The maximum Gasteiger partial charge on any atom is 0.344 e. The van der Waals surface area contributed by atoms with Gasteiger partial charge >= 0.3 is 11.3 Å². The monoisotopic (exact) mass is 446 g/mol. The third kappa shape index (κ3) is 3.04. The Balaban J connectivity index is 1.94. The van der Waals surface area contributed by atoms with E-state index in [1.165, 1.54) is 0 Å². The Kier molecular flexibility index (Phi) is 4.72. The zero-order valence-corrected chi connectivity index (χ0v) is 17.2. The van der Waals surface area contributed by atoms with Crippen molar-refractivity contribution in [1.82, 2.24) is 0 Å². The predicted molar refractivity (Wildman–Crippen MR) is 121 cm³/mol. The lowest BCUT2D eigenvalue weighted by atomic mass is 9.84. The van der Waals surface area contributed by atoms with Crippen molar-refractivity contribution in [2.75, 3.05) is 0 Å². The van der Waals surface area contributed by atoms with Crippen LogP contribution in [0.5, 0.6) is 11.5 Å². The molecule has 0 bridgehead atoms. The van der Waals surface area contributed by atoms with E-state index in [9.17, 15) is 19.8 Å². The molecule has 0 atom stereocenters. The van der Waals surface area contributed by atoms with E-state index in [4.69, 9.17) is 20.4 Å². The number of hydrogen-bond donors (Lipinski definition) is 2. The van der Waals surface area contributed by atoms with Crippen LogP contribution in [-0.2, 0) is 0 Å². The fourth-order valence-electron chi connectivity index (χ4n) is 3.97. The molecule has 0 amide bonds. The second-order valence-corrected chi connectivity index (χ2v) is 7.66. The third-order valence-electron chi connectivity index (χ3n) is 5.43. The molecule has 0 aliphatic heterocycles. The molecule has 0 spiro atoms. The van der Waals surface area contributed by atoms with Crippen LogP contribution in [0.3, 0.4) is 0 Å². The SMILES string of the molecule is O=c1oc2ccccc2c(O)c1C(c1ccccc1Cl)c1c(O)c2ccccc2oc1=O. The molecule has 3 aromatic carbocycles. The lowest BCUT2D eigenvalue weighted by Gasteiger charge is -2.20. The molecule has 0 saturated carbocycles. The van der Waals surface area contributed by atoms with Crippen molar-refractivity contribution in [1.29, 1.82) is 0 Å². The van der Waals surface area contributed by atoms with Crippen LogP contribution in [0, 0.1) is 0 Å². The summed E-state index contributed by atoms with van der Waals surface area (Å²) in [4.78, 5) is 26.1. The van der Waals surface area contributed by atoms with Crippen molar-refractivity contribution in [3.05, 3.63) is 115 Å². The number of hydrogen-bond acceptors (Lipinski definition) is 6. The topological polar surface area (TPSA) is 101 Å². The molecule has 2 heterocycles. The van der Waals surface area contributed by atoms with E-state index in [1.54, 1.807) is 72.8 Å². The van der Waals surface area contributed by atoms with Gasteiger partial charge in [-0.1, -0.05) is 54.1 Å². The molecule has 0 unspecified atom stereocenters. The zero-order chi connectivity index (χ0) is 22.4. The predicted octanol–water partition coefficient (Wildman–Crippen LogP) is 5.14. The van der Waals surface area contributed by atoms with Gasteiger partial charge in [0.2, 0.25) is 0 Å². The van der Waals surface area contributed by atoms with Gasteiger partial charge in [-0.2, -0.15) is 0 Å². The highest BCUT2D eigenvalue weighted by Gasteiger charge is 2.33. The van der Waals surface area contributed by atoms with Crippen molar-refractivity contribution < 1.29 is 19.0 Å². The third-order valence-corrected chi connectivity index (χ3v) is 5.78. The van der Waals surface area contributed by atoms with Crippen LogP contribution in [0.2, 0.25) is 5.02 Å². The van der Waals surface area contributed by atoms with E-state index >= 15 is 0 Å². The molecule has 5 rings (SSSR count). The fourth-order valence-corrected chi connectivity index (χ4v) is 4.21. The van der Waals surface area contributed by atoms with Crippen LogP contribution in [-0.4, -0.2) is 10.2 Å². The van der Waals surface area contributed by atoms with Crippen LogP contribution in [0.4, 0.5) is 0 Å². The quantitative estimate of drug-likeness (QED) is 0.372. The van der Waals surface area contributed by atoms with Gasteiger partial charge in [0.15, 0.2) is 0 Å². The molecule has 0 saturated heterocycles. The summed E-state index contributed by atoms with van der Waals surface area (Å²) in [6, 6.07) is 19.5. The molecule has 7 heteroatoms. The van der Waals surface area contributed by atoms with Gasteiger partial charge in [0, 0.05) is 5.02 Å². The summed E-state index contributed by atoms with van der Waals surface area (Å²) < 4.78 is 10.9. The van der Waals surface area contributed by atoms with E-state index in [2.05, 4.69) is 0 Å². The van der Waals surface area contributed by atoms with Crippen molar-refractivity contribution in [2.24, 2.45) is 0 Å². The maximum absolute atomic E-state index is 13.1. The average Bonchev–Trinajstić information content (AvgIpc) is 2.78. The Morgan fingerprint density at radius 3 is 1.59 bits per heavy atom. The van der Waals surface area contributed by atoms with Crippen molar-refractivity contribution >= 4 is 33.5 Å². The smallest absolute Gasteiger partial charge is 0.344 e. The summed E-state index contributed by atoms with van der Waals surface area (Å²) in [6.45, 7) is 0. The zero-order valence-electron chi connectivity index (χ0n) is 16.4. The lowest BCUT2D eigenvalue weighted by molar-refractivity contribution is 0.441. The summed E-state index contributed by atoms with van der Waals surface area (Å²) in [7, 11) is 0. The largest absolute Gasteiger partial charge is 0.507 e. The van der Waals surface area contributed by atoms with E-state index < -0.39 is 17.2 Å². The standard InChI is InChI=1S/C25H15ClO6/c26-16-10-4-1-7-13(16)19(20-22(27)14-8-2-5-11-17(14)31-24(20)29)21-23(28)15-9-3-6-12-18(15)32-25(21)30/h1-12,19,27-28H. The van der Waals surface area contributed by atoms with Crippen LogP contribution in [0.1, 0.15) is 22.6 Å². The van der Waals surface area contributed by atoms with E-state index in [-0.39, 0.29) is 49.6 Å². The van der Waals surface area contributed by atoms with Crippen LogP contribution in [0.25, 0.3) is 21.9 Å². The minimum Gasteiger partial charge on any atom is -0.507 e. The van der Waals surface area contributed by atoms with E-state index in [0.29, 0.717) is 5.56 Å². The molecule has 6 nitrogen and oxygen atoms in total. The number of para-hydroxylation sites is 2. The molecule has 32 heavy (non-hydrogen) atoms. The molecule has 0 aliphatic carbocycles. The minimum absolute atomic E-state index is 0.187. The fraction of sp³-hybridized carbons (Fsp3) is 0.0400. The maximum atomic E-state index is 13.1. The van der Waals surface area contributed by atoms with Gasteiger partial charge in [-0.25, -0.2) is 9.59 Å². The summed E-state index contributed by atoms with van der Waals surface area (Å²) in [5.41, 5.74) is -1.48. The second kappa shape index (κ2) is 7.59. The Labute approximate surface area is 185 Å².